The van der Waals surface area contributed by atoms with Crippen LogP contribution in [0.2, 0.25) is 28.2 Å². The van der Waals surface area contributed by atoms with Crippen molar-refractivity contribution < 1.29 is 9.22 Å². The molecular weight excluding hydrogens is 517 g/mol. The number of nitrogens with zero attached hydrogens (tertiary/aromatic N) is 2. The molecule has 0 fully saturated rings. The van der Waals surface area contributed by atoms with E-state index < -0.39 is 8.32 Å². The molecule has 0 spiro atoms. The lowest BCUT2D eigenvalue weighted by Gasteiger charge is -2.36. The Morgan fingerprint density at radius 3 is 2.61 bits per heavy atom. The standard InChI is InChI=1S/C22H26BrCl2N3O2Si/c1-22(2,3)31(4,5)30-12-11-28(18-8-6-7-15(24)19(18)25)21(29)20-26-16-10-9-14(23)13-17(16)27-20/h6-10,13H,11-12H2,1-5H3,(H,26,27). The largest absolute Gasteiger partial charge is 0.415 e. The molecule has 1 amide bonds. The number of halogens is 3. The monoisotopic (exact) mass is 541 g/mol. The van der Waals surface area contributed by atoms with Crippen LogP contribution >= 0.6 is 39.1 Å². The first-order chi connectivity index (χ1) is 14.4. The van der Waals surface area contributed by atoms with Crippen molar-refractivity contribution in [2.45, 2.75) is 38.9 Å². The zero-order chi connectivity index (χ0) is 23.0. The van der Waals surface area contributed by atoms with Crippen LogP contribution in [0.25, 0.3) is 11.0 Å². The number of nitrogens with one attached hydrogen (secondary N) is 1. The van der Waals surface area contributed by atoms with Crippen molar-refractivity contribution >= 4 is 70.1 Å². The zero-order valence-electron chi connectivity index (χ0n) is 18.2. The van der Waals surface area contributed by atoms with Crippen LogP contribution in [0.5, 0.6) is 0 Å². The summed E-state index contributed by atoms with van der Waals surface area (Å²) in [4.78, 5) is 22.7. The van der Waals surface area contributed by atoms with Gasteiger partial charge in [0.25, 0.3) is 5.91 Å². The molecule has 0 aliphatic heterocycles. The summed E-state index contributed by atoms with van der Waals surface area (Å²) in [5.41, 5.74) is 2.01. The minimum absolute atomic E-state index is 0.0711. The molecule has 0 unspecified atom stereocenters. The van der Waals surface area contributed by atoms with Crippen molar-refractivity contribution in [3.05, 3.63) is 56.7 Å². The van der Waals surface area contributed by atoms with E-state index in [-0.39, 0.29) is 16.8 Å². The fraction of sp³-hybridized carbons (Fsp3) is 0.364. The van der Waals surface area contributed by atoms with Gasteiger partial charge in [-0.1, -0.05) is 66.0 Å². The molecule has 0 saturated carbocycles. The van der Waals surface area contributed by atoms with E-state index in [1.54, 1.807) is 23.1 Å². The lowest BCUT2D eigenvalue weighted by atomic mass is 10.2. The number of hydrogen-bond donors (Lipinski definition) is 1. The van der Waals surface area contributed by atoms with Gasteiger partial charge >= 0.3 is 0 Å². The van der Waals surface area contributed by atoms with E-state index in [1.165, 1.54) is 0 Å². The lowest BCUT2D eigenvalue weighted by molar-refractivity contribution is 0.0973. The Morgan fingerprint density at radius 1 is 1.23 bits per heavy atom. The molecular formula is C22H26BrCl2N3O2Si. The number of carbonyl (C=O) groups is 1. The minimum atomic E-state index is -1.97. The Balaban J connectivity index is 1.93. The van der Waals surface area contributed by atoms with E-state index >= 15 is 0 Å². The maximum Gasteiger partial charge on any atom is 0.294 e. The predicted molar refractivity (Wildman–Crippen MR) is 135 cm³/mol. The first-order valence-corrected chi connectivity index (χ1v) is 14.4. The lowest BCUT2D eigenvalue weighted by Crippen LogP contribution is -2.43. The summed E-state index contributed by atoms with van der Waals surface area (Å²) < 4.78 is 7.20. The number of hydrogen-bond acceptors (Lipinski definition) is 3. The van der Waals surface area contributed by atoms with Crippen molar-refractivity contribution in [3.63, 3.8) is 0 Å². The van der Waals surface area contributed by atoms with E-state index in [9.17, 15) is 4.79 Å². The number of rotatable bonds is 6. The van der Waals surface area contributed by atoms with Gasteiger partial charge in [-0.25, -0.2) is 4.98 Å². The highest BCUT2D eigenvalue weighted by Crippen LogP contribution is 2.37. The molecule has 3 aromatic rings. The van der Waals surface area contributed by atoms with Crippen molar-refractivity contribution in [2.24, 2.45) is 0 Å². The summed E-state index contributed by atoms with van der Waals surface area (Å²) in [6.45, 7) is 11.6. The third-order valence-electron chi connectivity index (χ3n) is 5.70. The van der Waals surface area contributed by atoms with E-state index in [1.807, 2.05) is 18.2 Å². The van der Waals surface area contributed by atoms with E-state index in [0.717, 1.165) is 9.99 Å². The Bertz CT molecular complexity index is 1110. The summed E-state index contributed by atoms with van der Waals surface area (Å²) in [5.74, 6) is -0.0632. The molecule has 166 valence electrons. The summed E-state index contributed by atoms with van der Waals surface area (Å²) >= 11 is 16.1. The molecule has 5 nitrogen and oxygen atoms in total. The number of anilines is 1. The second-order valence-electron chi connectivity index (χ2n) is 8.89. The molecule has 0 bridgehead atoms. The number of carbonyl (C=O) groups excluding carboxylic acids is 1. The molecule has 9 heteroatoms. The molecule has 3 rings (SSSR count). The summed E-state index contributed by atoms with van der Waals surface area (Å²) in [6.07, 6.45) is 0. The van der Waals surface area contributed by atoms with E-state index in [0.29, 0.717) is 34.4 Å². The van der Waals surface area contributed by atoms with Gasteiger partial charge in [-0.15, -0.1) is 0 Å². The fourth-order valence-electron chi connectivity index (χ4n) is 2.85. The average Bonchev–Trinajstić information content (AvgIpc) is 3.09. The maximum absolute atomic E-state index is 13.5. The normalized spacial score (nSPS) is 12.4. The van der Waals surface area contributed by atoms with Crippen molar-refractivity contribution in [3.8, 4) is 0 Å². The molecule has 1 N–H and O–H groups in total. The first-order valence-electron chi connectivity index (χ1n) is 9.96. The molecule has 0 saturated heterocycles. The number of H-pyrrole nitrogens is 1. The van der Waals surface area contributed by atoms with Gasteiger partial charge in [0, 0.05) is 11.0 Å². The number of aromatic nitrogens is 2. The topological polar surface area (TPSA) is 58.2 Å². The van der Waals surface area contributed by atoms with Gasteiger partial charge in [0.15, 0.2) is 14.1 Å². The average molecular weight is 543 g/mol. The number of benzene rings is 2. The third-order valence-corrected chi connectivity index (χ3v) is 11.5. The Morgan fingerprint density at radius 2 is 1.94 bits per heavy atom. The zero-order valence-corrected chi connectivity index (χ0v) is 22.3. The van der Waals surface area contributed by atoms with Gasteiger partial charge in [-0.2, -0.15) is 0 Å². The maximum atomic E-state index is 13.5. The smallest absolute Gasteiger partial charge is 0.294 e. The van der Waals surface area contributed by atoms with E-state index in [2.05, 4.69) is 59.8 Å². The molecule has 1 heterocycles. The van der Waals surface area contributed by atoms with Crippen molar-refractivity contribution in [1.29, 1.82) is 0 Å². The molecule has 1 aromatic heterocycles. The molecule has 0 atom stereocenters. The second-order valence-corrected chi connectivity index (χ2v) is 15.4. The van der Waals surface area contributed by atoms with Crippen LogP contribution in [-0.2, 0) is 4.43 Å². The van der Waals surface area contributed by atoms with Gasteiger partial charge in [0.05, 0.1) is 33.4 Å². The van der Waals surface area contributed by atoms with Crippen LogP contribution in [0.15, 0.2) is 40.9 Å². The van der Waals surface area contributed by atoms with Gasteiger partial charge in [0.1, 0.15) is 0 Å². The van der Waals surface area contributed by atoms with Gasteiger partial charge in [0.2, 0.25) is 0 Å². The number of imidazole rings is 1. The van der Waals surface area contributed by atoms with Crippen LogP contribution in [0.4, 0.5) is 5.69 Å². The summed E-state index contributed by atoms with van der Waals surface area (Å²) in [5, 5.41) is 0.779. The van der Waals surface area contributed by atoms with Gasteiger partial charge in [-0.3, -0.25) is 4.79 Å². The summed E-state index contributed by atoms with van der Waals surface area (Å²) in [7, 11) is -1.97. The van der Waals surface area contributed by atoms with E-state index in [4.69, 9.17) is 27.6 Å². The molecule has 0 aliphatic rings. The number of amides is 1. The second kappa shape index (κ2) is 9.23. The van der Waals surface area contributed by atoms with Crippen LogP contribution in [0.1, 0.15) is 31.4 Å². The highest BCUT2D eigenvalue weighted by atomic mass is 79.9. The summed E-state index contributed by atoms with van der Waals surface area (Å²) in [6, 6.07) is 10.9. The molecule has 0 aliphatic carbocycles. The van der Waals surface area contributed by atoms with Crippen molar-refractivity contribution in [2.75, 3.05) is 18.1 Å². The predicted octanol–water partition coefficient (Wildman–Crippen LogP) is 7.30. The number of aromatic amines is 1. The van der Waals surface area contributed by atoms with Gasteiger partial charge in [-0.05, 0) is 48.5 Å². The Labute approximate surface area is 202 Å². The third kappa shape index (κ3) is 5.34. The Hall–Kier alpha value is -1.38. The first kappa shape index (κ1) is 24.3. The van der Waals surface area contributed by atoms with Crippen molar-refractivity contribution in [1.82, 2.24) is 9.97 Å². The molecule has 31 heavy (non-hydrogen) atoms. The molecule has 2 aromatic carbocycles. The highest BCUT2D eigenvalue weighted by molar-refractivity contribution is 9.10. The SMILES string of the molecule is CC(C)(C)[Si](C)(C)OCCN(C(=O)c1nc2cc(Br)ccc2[nH]1)c1cccc(Cl)c1Cl. The van der Waals surface area contributed by atoms with Crippen LogP contribution in [0.3, 0.4) is 0 Å². The number of fused-ring (bicyclic) bond motifs is 1. The molecule has 0 radical (unpaired) electrons. The van der Waals surface area contributed by atoms with Gasteiger partial charge < -0.3 is 14.3 Å². The van der Waals surface area contributed by atoms with Crippen LogP contribution < -0.4 is 4.90 Å². The van der Waals surface area contributed by atoms with Crippen LogP contribution in [-0.4, -0.2) is 37.3 Å². The quantitative estimate of drug-likeness (QED) is 0.332. The van der Waals surface area contributed by atoms with Crippen LogP contribution in [0, 0.1) is 0 Å². The Kier molecular flexibility index (Phi) is 7.23. The highest BCUT2D eigenvalue weighted by Gasteiger charge is 2.37. The minimum Gasteiger partial charge on any atom is -0.415 e. The fourth-order valence-corrected chi connectivity index (χ4v) is 4.63.